The molecule has 0 saturated heterocycles. The summed E-state index contributed by atoms with van der Waals surface area (Å²) in [5.74, 6) is 0.0532. The number of carbonyl (C=O) groups excluding carboxylic acids is 1. The van der Waals surface area contributed by atoms with E-state index in [2.05, 4.69) is 69.3 Å². The average Bonchev–Trinajstić information content (AvgIpc) is 2.89. The number of benzene rings is 3. The quantitative estimate of drug-likeness (QED) is 0.459. The highest BCUT2D eigenvalue weighted by Gasteiger charge is 2.53. The van der Waals surface area contributed by atoms with Crippen molar-refractivity contribution in [1.82, 2.24) is 4.90 Å². The van der Waals surface area contributed by atoms with Crippen molar-refractivity contribution in [3.63, 3.8) is 0 Å². The summed E-state index contributed by atoms with van der Waals surface area (Å²) in [6, 6.07) is 26.9. The zero-order valence-electron chi connectivity index (χ0n) is 22.2. The van der Waals surface area contributed by atoms with Gasteiger partial charge in [0.25, 0.3) is 14.2 Å². The number of nitrogens with zero attached hydrogens (tertiary/aromatic N) is 1. The van der Waals surface area contributed by atoms with Crippen molar-refractivity contribution in [2.45, 2.75) is 64.7 Å². The van der Waals surface area contributed by atoms with Crippen molar-refractivity contribution < 1.29 is 14.3 Å². The van der Waals surface area contributed by atoms with Gasteiger partial charge < -0.3 is 14.4 Å². The van der Waals surface area contributed by atoms with E-state index >= 15 is 0 Å². The van der Waals surface area contributed by atoms with E-state index in [0.29, 0.717) is 25.9 Å². The first-order valence-corrected chi connectivity index (χ1v) is 15.0. The zero-order valence-corrected chi connectivity index (χ0v) is 23.2. The van der Waals surface area contributed by atoms with Crippen LogP contribution in [0.25, 0.3) is 0 Å². The highest BCUT2D eigenvalue weighted by Crippen LogP contribution is 2.43. The van der Waals surface area contributed by atoms with E-state index in [-0.39, 0.29) is 10.9 Å². The van der Waals surface area contributed by atoms with Crippen molar-refractivity contribution in [3.8, 4) is 0 Å². The summed E-state index contributed by atoms with van der Waals surface area (Å²) < 4.78 is 7.37. The molecule has 0 radical (unpaired) electrons. The number of aliphatic hydroxyl groups excluding tert-OH is 1. The van der Waals surface area contributed by atoms with Crippen LogP contribution in [0.15, 0.2) is 78.9 Å². The molecule has 0 heterocycles. The van der Waals surface area contributed by atoms with Gasteiger partial charge in [-0.1, -0.05) is 93.6 Å². The number of fused-ring (bicyclic) bond motifs is 1. The average molecular weight is 502 g/mol. The molecular formula is C31H39NO3Si. The molecule has 190 valence electrons. The fourth-order valence-electron chi connectivity index (χ4n) is 5.71. The van der Waals surface area contributed by atoms with Crippen molar-refractivity contribution in [2.24, 2.45) is 0 Å². The Labute approximate surface area is 217 Å². The second kappa shape index (κ2) is 10.7. The molecule has 0 aromatic heterocycles. The van der Waals surface area contributed by atoms with Crippen LogP contribution in [0.4, 0.5) is 0 Å². The first-order chi connectivity index (χ1) is 17.2. The molecule has 5 heteroatoms. The van der Waals surface area contributed by atoms with Crippen LogP contribution in [0.2, 0.25) is 5.04 Å². The first kappa shape index (κ1) is 26.3. The molecule has 1 aliphatic rings. The molecular weight excluding hydrogens is 462 g/mol. The first-order valence-electron chi connectivity index (χ1n) is 13.1. The smallest absolute Gasteiger partial charge is 0.262 e. The van der Waals surface area contributed by atoms with Crippen LogP contribution in [0.1, 0.15) is 68.6 Å². The molecule has 1 amide bonds. The molecule has 0 aliphatic heterocycles. The molecule has 2 atom stereocenters. The lowest BCUT2D eigenvalue weighted by molar-refractivity contribution is 0.0165. The van der Waals surface area contributed by atoms with Gasteiger partial charge in [0.05, 0.1) is 12.2 Å². The summed E-state index contributed by atoms with van der Waals surface area (Å²) in [5, 5.41) is 13.5. The van der Waals surface area contributed by atoms with Gasteiger partial charge in [-0.3, -0.25) is 4.79 Å². The van der Waals surface area contributed by atoms with Gasteiger partial charge in [-0.05, 0) is 59.3 Å². The van der Waals surface area contributed by atoms with Gasteiger partial charge in [-0.25, -0.2) is 0 Å². The van der Waals surface area contributed by atoms with Gasteiger partial charge in [-0.2, -0.15) is 0 Å². The summed E-state index contributed by atoms with van der Waals surface area (Å²) >= 11 is 0. The Morgan fingerprint density at radius 2 is 1.47 bits per heavy atom. The lowest BCUT2D eigenvalue weighted by Gasteiger charge is -2.47. The summed E-state index contributed by atoms with van der Waals surface area (Å²) in [4.78, 5) is 15.2. The highest BCUT2D eigenvalue weighted by atomic mass is 28.4. The van der Waals surface area contributed by atoms with E-state index < -0.39 is 20.5 Å². The Morgan fingerprint density at radius 3 is 1.97 bits per heavy atom. The third-order valence-corrected chi connectivity index (χ3v) is 12.6. The SMILES string of the molecule is CCN(CC)C(=O)c1cccc2c1CC[C@@H](O)[C@@H]2O[Si](c1ccccc1)(c1ccccc1)C(C)(C)C. The fourth-order valence-corrected chi connectivity index (χ4v) is 10.4. The maximum absolute atomic E-state index is 13.4. The number of aliphatic hydroxyl groups is 1. The van der Waals surface area contributed by atoms with Crippen molar-refractivity contribution in [2.75, 3.05) is 13.1 Å². The summed E-state index contributed by atoms with van der Waals surface area (Å²) in [5.41, 5.74) is 2.70. The molecule has 36 heavy (non-hydrogen) atoms. The highest BCUT2D eigenvalue weighted by molar-refractivity contribution is 6.99. The minimum Gasteiger partial charge on any atom is -0.398 e. The molecule has 0 unspecified atom stereocenters. The summed E-state index contributed by atoms with van der Waals surface area (Å²) in [6.45, 7) is 12.1. The second-order valence-electron chi connectivity index (χ2n) is 10.7. The maximum atomic E-state index is 13.4. The van der Waals surface area contributed by atoms with E-state index in [1.807, 2.05) is 49.1 Å². The monoisotopic (exact) mass is 501 g/mol. The predicted octanol–water partition coefficient (Wildman–Crippen LogP) is 5.09. The number of rotatable bonds is 7. The topological polar surface area (TPSA) is 49.8 Å². The lowest BCUT2D eigenvalue weighted by Crippen LogP contribution is -2.67. The molecule has 4 rings (SSSR count). The van der Waals surface area contributed by atoms with Crippen LogP contribution in [0, 0.1) is 0 Å². The van der Waals surface area contributed by atoms with E-state index in [1.54, 1.807) is 0 Å². The summed E-state index contributed by atoms with van der Waals surface area (Å²) in [7, 11) is -2.88. The third-order valence-electron chi connectivity index (χ3n) is 7.56. The van der Waals surface area contributed by atoms with Gasteiger partial charge in [-0.15, -0.1) is 0 Å². The molecule has 0 fully saturated rings. The molecule has 3 aromatic rings. The second-order valence-corrected chi connectivity index (χ2v) is 14.9. The molecule has 1 N–H and O–H groups in total. The Morgan fingerprint density at radius 1 is 0.917 bits per heavy atom. The van der Waals surface area contributed by atoms with Gasteiger partial charge in [0, 0.05) is 18.7 Å². The standard InChI is InChI=1S/C31H39NO3Si/c1-6-32(7-2)30(34)27-20-14-19-26-25(27)21-22-28(33)29(26)35-36(31(3,4)5,23-15-10-8-11-16-23)24-17-12-9-13-18-24/h8-20,28-29,33H,6-7,21-22H2,1-5H3/t28-,29-/m1/s1. The molecule has 0 saturated carbocycles. The van der Waals surface area contributed by atoms with Crippen LogP contribution in [0.5, 0.6) is 0 Å². The maximum Gasteiger partial charge on any atom is 0.262 e. The van der Waals surface area contributed by atoms with Crippen molar-refractivity contribution in [3.05, 3.63) is 95.6 Å². The number of hydrogen-bond acceptors (Lipinski definition) is 3. The fraction of sp³-hybridized carbons (Fsp3) is 0.387. The number of carbonyl (C=O) groups is 1. The van der Waals surface area contributed by atoms with Gasteiger partial charge in [0.2, 0.25) is 0 Å². The van der Waals surface area contributed by atoms with Crippen LogP contribution >= 0.6 is 0 Å². The molecule has 0 spiro atoms. The molecule has 0 bridgehead atoms. The molecule has 1 aliphatic carbocycles. The number of amides is 1. The van der Waals surface area contributed by atoms with Crippen molar-refractivity contribution >= 4 is 24.6 Å². The van der Waals surface area contributed by atoms with Crippen LogP contribution in [0.3, 0.4) is 0 Å². The minimum atomic E-state index is -2.88. The Kier molecular flexibility index (Phi) is 7.84. The third kappa shape index (κ3) is 4.68. The Balaban J connectivity index is 1.89. The van der Waals surface area contributed by atoms with Gasteiger partial charge in [0.15, 0.2) is 0 Å². The minimum absolute atomic E-state index is 0.0532. The molecule has 3 aromatic carbocycles. The van der Waals surface area contributed by atoms with Gasteiger partial charge in [0.1, 0.15) is 0 Å². The summed E-state index contributed by atoms with van der Waals surface area (Å²) in [6.07, 6.45) is 0.0843. The van der Waals surface area contributed by atoms with E-state index in [0.717, 1.165) is 16.7 Å². The lowest BCUT2D eigenvalue weighted by atomic mass is 9.84. The molecule has 4 nitrogen and oxygen atoms in total. The normalized spacial score (nSPS) is 17.9. The van der Waals surface area contributed by atoms with Crippen molar-refractivity contribution in [1.29, 1.82) is 0 Å². The van der Waals surface area contributed by atoms with Crippen LogP contribution < -0.4 is 10.4 Å². The van der Waals surface area contributed by atoms with Gasteiger partial charge >= 0.3 is 0 Å². The van der Waals surface area contributed by atoms with Crippen LogP contribution in [-0.4, -0.2) is 43.4 Å². The van der Waals surface area contributed by atoms with E-state index in [9.17, 15) is 9.90 Å². The van der Waals surface area contributed by atoms with E-state index in [1.165, 1.54) is 10.4 Å². The predicted molar refractivity (Wildman–Crippen MR) is 149 cm³/mol. The number of hydrogen-bond donors (Lipinski definition) is 1. The Hall–Kier alpha value is -2.73. The largest absolute Gasteiger partial charge is 0.398 e. The van der Waals surface area contributed by atoms with E-state index in [4.69, 9.17) is 4.43 Å². The Bertz CT molecular complexity index is 1130. The van der Waals surface area contributed by atoms with Crippen LogP contribution in [-0.2, 0) is 10.8 Å². The zero-order chi connectivity index (χ0) is 25.9.